The zero-order chi connectivity index (χ0) is 20.4. The Balaban J connectivity index is 1.69. The molecule has 3 heterocycles. The first-order valence-corrected chi connectivity index (χ1v) is 8.72. The maximum absolute atomic E-state index is 14.1. The van der Waals surface area contributed by atoms with Crippen molar-refractivity contribution in [3.8, 4) is 0 Å². The number of aromatic nitrogens is 4. The molecule has 1 aliphatic heterocycles. The molecule has 1 amide bonds. The standard InChI is InChI=1S/C17H14ClF4N5O/c1-7-5-26(6-9-4-23-16(27(7)9)17(20,21)22)15(28)14-24-12-8(2)10(18)3-11(19)13(12)25-14/h3-4,7H,5-6H2,1-2H3,(H,24,25)/t7-/m0/s1. The molecular weight excluding hydrogens is 402 g/mol. The molecule has 0 saturated carbocycles. The molecule has 0 fully saturated rings. The third kappa shape index (κ3) is 2.83. The molecule has 1 aliphatic rings. The van der Waals surface area contributed by atoms with Crippen LogP contribution in [0.25, 0.3) is 11.0 Å². The van der Waals surface area contributed by atoms with E-state index >= 15 is 0 Å². The molecule has 0 saturated heterocycles. The summed E-state index contributed by atoms with van der Waals surface area (Å²) in [6, 6.07) is 0.484. The molecule has 2 aromatic heterocycles. The normalized spacial score (nSPS) is 17.2. The Morgan fingerprint density at radius 1 is 1.39 bits per heavy atom. The van der Waals surface area contributed by atoms with Gasteiger partial charge in [0, 0.05) is 11.6 Å². The van der Waals surface area contributed by atoms with Crippen molar-refractivity contribution in [3.63, 3.8) is 0 Å². The number of hydrogen-bond donors (Lipinski definition) is 1. The number of H-pyrrole nitrogens is 1. The third-order valence-corrected chi connectivity index (χ3v) is 5.20. The minimum Gasteiger partial charge on any atom is -0.333 e. The molecule has 1 aromatic carbocycles. The Morgan fingerprint density at radius 2 is 2.11 bits per heavy atom. The summed E-state index contributed by atoms with van der Waals surface area (Å²) in [5, 5.41) is 0.197. The van der Waals surface area contributed by atoms with E-state index in [1.165, 1.54) is 4.90 Å². The molecule has 6 nitrogen and oxygen atoms in total. The molecule has 3 aromatic rings. The van der Waals surface area contributed by atoms with Crippen LogP contribution in [0.4, 0.5) is 17.6 Å². The smallest absolute Gasteiger partial charge is 0.333 e. The summed E-state index contributed by atoms with van der Waals surface area (Å²) < 4.78 is 54.5. The van der Waals surface area contributed by atoms with Crippen molar-refractivity contribution >= 4 is 28.5 Å². The van der Waals surface area contributed by atoms with Crippen LogP contribution in [0.2, 0.25) is 5.02 Å². The monoisotopic (exact) mass is 415 g/mol. The van der Waals surface area contributed by atoms with E-state index in [1.807, 2.05) is 0 Å². The van der Waals surface area contributed by atoms with Crippen LogP contribution in [0, 0.1) is 12.7 Å². The fourth-order valence-electron chi connectivity index (χ4n) is 3.51. The number of benzene rings is 1. The second-order valence-corrected chi connectivity index (χ2v) is 7.16. The maximum atomic E-state index is 14.1. The number of amides is 1. The van der Waals surface area contributed by atoms with Crippen molar-refractivity contribution in [2.75, 3.05) is 6.54 Å². The number of hydrogen-bond acceptors (Lipinski definition) is 3. The van der Waals surface area contributed by atoms with Crippen LogP contribution >= 0.6 is 11.6 Å². The zero-order valence-corrected chi connectivity index (χ0v) is 15.5. The number of nitrogens with zero attached hydrogens (tertiary/aromatic N) is 4. The average Bonchev–Trinajstić information content (AvgIpc) is 3.23. The van der Waals surface area contributed by atoms with E-state index in [-0.39, 0.29) is 35.1 Å². The van der Waals surface area contributed by atoms with Gasteiger partial charge in [0.15, 0.2) is 11.6 Å². The fraction of sp³-hybridized carbons (Fsp3) is 0.353. The van der Waals surface area contributed by atoms with E-state index in [0.29, 0.717) is 11.1 Å². The summed E-state index contributed by atoms with van der Waals surface area (Å²) in [5.74, 6) is -2.30. The van der Waals surface area contributed by atoms with Gasteiger partial charge in [-0.05, 0) is 25.5 Å². The Morgan fingerprint density at radius 3 is 2.79 bits per heavy atom. The third-order valence-electron chi connectivity index (χ3n) is 4.81. The minimum atomic E-state index is -4.58. The molecule has 1 atom stereocenters. The quantitative estimate of drug-likeness (QED) is 0.609. The highest BCUT2D eigenvalue weighted by Gasteiger charge is 2.41. The van der Waals surface area contributed by atoms with Gasteiger partial charge in [-0.1, -0.05) is 11.6 Å². The molecule has 11 heteroatoms. The lowest BCUT2D eigenvalue weighted by Gasteiger charge is -2.33. The highest BCUT2D eigenvalue weighted by molar-refractivity contribution is 6.32. The molecule has 1 N–H and O–H groups in total. The SMILES string of the molecule is Cc1c(Cl)cc(F)c2nc(C(=O)N3Cc4cnc(C(F)(F)F)n4[C@@H](C)C3)[nH]c12. The van der Waals surface area contributed by atoms with Gasteiger partial charge in [0.1, 0.15) is 5.52 Å². The van der Waals surface area contributed by atoms with Crippen LogP contribution in [0.3, 0.4) is 0 Å². The molecule has 4 rings (SSSR count). The number of aryl methyl sites for hydroxylation is 1. The first kappa shape index (κ1) is 18.7. The Labute approximate surface area is 161 Å². The van der Waals surface area contributed by atoms with E-state index in [4.69, 9.17) is 11.6 Å². The van der Waals surface area contributed by atoms with E-state index in [0.717, 1.165) is 16.8 Å². The molecule has 0 aliphatic carbocycles. The molecule has 0 spiro atoms. The lowest BCUT2D eigenvalue weighted by Crippen LogP contribution is -2.41. The van der Waals surface area contributed by atoms with Crippen LogP contribution in [0.5, 0.6) is 0 Å². The number of carbonyl (C=O) groups excluding carboxylic acids is 1. The highest BCUT2D eigenvalue weighted by Crippen LogP contribution is 2.34. The lowest BCUT2D eigenvalue weighted by atomic mass is 10.2. The van der Waals surface area contributed by atoms with Crippen molar-refractivity contribution in [2.24, 2.45) is 0 Å². The van der Waals surface area contributed by atoms with E-state index in [9.17, 15) is 22.4 Å². The van der Waals surface area contributed by atoms with Gasteiger partial charge < -0.3 is 14.5 Å². The van der Waals surface area contributed by atoms with Gasteiger partial charge in [-0.15, -0.1) is 0 Å². The fourth-order valence-corrected chi connectivity index (χ4v) is 3.70. The zero-order valence-electron chi connectivity index (χ0n) is 14.7. The van der Waals surface area contributed by atoms with Gasteiger partial charge in [0.05, 0.1) is 30.0 Å². The van der Waals surface area contributed by atoms with E-state index < -0.39 is 29.8 Å². The number of alkyl halides is 3. The summed E-state index contributed by atoms with van der Waals surface area (Å²) in [6.45, 7) is 3.20. The van der Waals surface area contributed by atoms with Crippen LogP contribution in [-0.4, -0.2) is 36.9 Å². The van der Waals surface area contributed by atoms with Crippen LogP contribution in [0.1, 0.15) is 40.7 Å². The summed E-state index contributed by atoms with van der Waals surface area (Å²) in [5.41, 5.74) is 1.10. The molecule has 0 bridgehead atoms. The van der Waals surface area contributed by atoms with Gasteiger partial charge in [0.2, 0.25) is 5.82 Å². The Hall–Kier alpha value is -2.62. The second-order valence-electron chi connectivity index (χ2n) is 6.75. The van der Waals surface area contributed by atoms with Crippen LogP contribution in [-0.2, 0) is 12.7 Å². The van der Waals surface area contributed by atoms with Crippen LogP contribution in [0.15, 0.2) is 12.3 Å². The number of rotatable bonds is 1. The first-order chi connectivity index (χ1) is 13.1. The Bertz CT molecular complexity index is 1100. The largest absolute Gasteiger partial charge is 0.449 e. The predicted octanol–water partition coefficient (Wildman–Crippen LogP) is 4.10. The number of aromatic amines is 1. The van der Waals surface area contributed by atoms with Gasteiger partial charge in [-0.2, -0.15) is 13.2 Å². The number of halogens is 5. The highest BCUT2D eigenvalue weighted by atomic mass is 35.5. The summed E-state index contributed by atoms with van der Waals surface area (Å²) >= 11 is 5.96. The van der Waals surface area contributed by atoms with Crippen molar-refractivity contribution in [2.45, 2.75) is 32.6 Å². The average molecular weight is 416 g/mol. The number of carbonyl (C=O) groups is 1. The van der Waals surface area contributed by atoms with Crippen LogP contribution < -0.4 is 0 Å². The Kier molecular flexibility index (Phi) is 4.14. The van der Waals surface area contributed by atoms with Gasteiger partial charge in [-0.25, -0.2) is 14.4 Å². The second kappa shape index (κ2) is 6.20. The first-order valence-electron chi connectivity index (χ1n) is 8.34. The summed E-state index contributed by atoms with van der Waals surface area (Å²) in [6.07, 6.45) is -3.47. The topological polar surface area (TPSA) is 66.8 Å². The minimum absolute atomic E-state index is 0.0142. The molecule has 0 unspecified atom stereocenters. The number of nitrogens with one attached hydrogen (secondary N) is 1. The lowest BCUT2D eigenvalue weighted by molar-refractivity contribution is -0.148. The number of imidazole rings is 2. The summed E-state index contributed by atoms with van der Waals surface area (Å²) in [7, 11) is 0. The predicted molar refractivity (Wildman–Crippen MR) is 92.5 cm³/mol. The van der Waals surface area contributed by atoms with Crippen molar-refractivity contribution < 1.29 is 22.4 Å². The van der Waals surface area contributed by atoms with Crippen molar-refractivity contribution in [1.82, 2.24) is 24.4 Å². The molecule has 148 valence electrons. The van der Waals surface area contributed by atoms with Crippen molar-refractivity contribution in [3.05, 3.63) is 46.0 Å². The van der Waals surface area contributed by atoms with E-state index in [1.54, 1.807) is 13.8 Å². The van der Waals surface area contributed by atoms with Gasteiger partial charge in [-0.3, -0.25) is 4.79 Å². The van der Waals surface area contributed by atoms with Gasteiger partial charge in [0.25, 0.3) is 5.91 Å². The van der Waals surface area contributed by atoms with E-state index in [2.05, 4.69) is 15.0 Å². The molecule has 0 radical (unpaired) electrons. The van der Waals surface area contributed by atoms with Gasteiger partial charge >= 0.3 is 6.18 Å². The molecule has 28 heavy (non-hydrogen) atoms. The maximum Gasteiger partial charge on any atom is 0.449 e. The molecular formula is C17H14ClF4N5O. The number of fused-ring (bicyclic) bond motifs is 2. The summed E-state index contributed by atoms with van der Waals surface area (Å²) in [4.78, 5) is 24.5. The van der Waals surface area contributed by atoms with Crippen molar-refractivity contribution in [1.29, 1.82) is 0 Å².